The number of carbonyl (C=O) groups excluding carboxylic acids is 4. The fourth-order valence-corrected chi connectivity index (χ4v) is 3.11. The molecule has 0 radical (unpaired) electrons. The van der Waals surface area contributed by atoms with Crippen molar-refractivity contribution in [3.63, 3.8) is 0 Å². The van der Waals surface area contributed by atoms with Gasteiger partial charge in [-0.3, -0.25) is 19.2 Å². The molecule has 1 fully saturated rings. The van der Waals surface area contributed by atoms with Gasteiger partial charge in [0.25, 0.3) is 0 Å². The van der Waals surface area contributed by atoms with Crippen LogP contribution < -0.4 is 22.1 Å². The molecule has 0 saturated carbocycles. The van der Waals surface area contributed by atoms with Crippen molar-refractivity contribution in [2.45, 2.75) is 70.3 Å². The first-order chi connectivity index (χ1) is 13.9. The summed E-state index contributed by atoms with van der Waals surface area (Å²) in [6.45, 7) is 4.83. The zero-order chi connectivity index (χ0) is 23.2. The molecule has 0 aliphatic carbocycles. The molecule has 0 aromatic heterocycles. The molecule has 0 aromatic rings. The topological polar surface area (TPSA) is 205 Å². The molecular formula is C18H31N5O7. The van der Waals surface area contributed by atoms with Crippen LogP contribution in [0.5, 0.6) is 0 Å². The summed E-state index contributed by atoms with van der Waals surface area (Å²) in [6.07, 6.45) is -1.12. The van der Waals surface area contributed by atoms with Crippen LogP contribution in [0, 0.1) is 5.92 Å². The van der Waals surface area contributed by atoms with Gasteiger partial charge in [0.2, 0.25) is 23.6 Å². The predicted octanol–water partition coefficient (Wildman–Crippen LogP) is -2.73. The van der Waals surface area contributed by atoms with E-state index < -0.39 is 66.3 Å². The minimum Gasteiger partial charge on any atom is -0.480 e. The van der Waals surface area contributed by atoms with E-state index in [9.17, 15) is 29.1 Å². The molecule has 12 heteroatoms. The van der Waals surface area contributed by atoms with Gasteiger partial charge in [0.15, 0.2) is 6.04 Å². The molecule has 5 atom stereocenters. The number of likely N-dealkylation sites (tertiary alicyclic amines) is 1. The average molecular weight is 429 g/mol. The second-order valence-electron chi connectivity index (χ2n) is 7.76. The first kappa shape index (κ1) is 25.3. The monoisotopic (exact) mass is 429 g/mol. The van der Waals surface area contributed by atoms with Crippen LogP contribution in [-0.4, -0.2) is 81.5 Å². The molecule has 1 saturated heterocycles. The van der Waals surface area contributed by atoms with Gasteiger partial charge in [0.05, 0.1) is 18.6 Å². The average Bonchev–Trinajstić information content (AvgIpc) is 3.12. The molecule has 0 aromatic carbocycles. The summed E-state index contributed by atoms with van der Waals surface area (Å²) in [5, 5.41) is 23.3. The first-order valence-corrected chi connectivity index (χ1v) is 9.72. The van der Waals surface area contributed by atoms with Crippen LogP contribution >= 0.6 is 0 Å². The van der Waals surface area contributed by atoms with Gasteiger partial charge in [-0.2, -0.15) is 0 Å². The number of amides is 4. The number of nitrogens with one attached hydrogen (secondary N) is 2. The number of carbonyl (C=O) groups is 5. The summed E-state index contributed by atoms with van der Waals surface area (Å²) in [6, 6.07) is -4.77. The molecule has 30 heavy (non-hydrogen) atoms. The maximum absolute atomic E-state index is 13.0. The number of aliphatic carboxylic acids is 1. The molecule has 0 spiro atoms. The van der Waals surface area contributed by atoms with Crippen LogP contribution in [-0.2, 0) is 24.0 Å². The van der Waals surface area contributed by atoms with Gasteiger partial charge in [-0.15, -0.1) is 0 Å². The SMILES string of the molecule is CC(C)C(N)C(=O)NC(CC(N)=O)C(=O)N1CCCC1C(=O)NC(C(=O)O)C(C)O. The third-order valence-corrected chi connectivity index (χ3v) is 4.93. The number of carboxylic acid groups (broad SMARTS) is 1. The third kappa shape index (κ3) is 6.66. The molecule has 5 unspecified atom stereocenters. The lowest BCUT2D eigenvalue weighted by Gasteiger charge is -2.30. The Balaban J connectivity index is 2.99. The van der Waals surface area contributed by atoms with Crippen LogP contribution in [0.25, 0.3) is 0 Å². The van der Waals surface area contributed by atoms with Crippen molar-refractivity contribution in [2.75, 3.05) is 6.54 Å². The quantitative estimate of drug-likeness (QED) is 0.214. The van der Waals surface area contributed by atoms with Gasteiger partial charge in [-0.05, 0) is 25.7 Å². The molecule has 1 heterocycles. The lowest BCUT2D eigenvalue weighted by Crippen LogP contribution is -2.58. The van der Waals surface area contributed by atoms with E-state index in [2.05, 4.69) is 10.6 Å². The Bertz CT molecular complexity index is 682. The number of primary amides is 1. The van der Waals surface area contributed by atoms with E-state index in [0.29, 0.717) is 6.42 Å². The fourth-order valence-electron chi connectivity index (χ4n) is 3.11. The predicted molar refractivity (Wildman–Crippen MR) is 105 cm³/mol. The van der Waals surface area contributed by atoms with E-state index in [1.807, 2.05) is 0 Å². The van der Waals surface area contributed by atoms with Gasteiger partial charge in [-0.1, -0.05) is 13.8 Å². The van der Waals surface area contributed by atoms with Crippen molar-refractivity contribution >= 4 is 29.6 Å². The van der Waals surface area contributed by atoms with E-state index in [0.717, 1.165) is 0 Å². The van der Waals surface area contributed by atoms with Crippen LogP contribution in [0.15, 0.2) is 0 Å². The summed E-state index contributed by atoms with van der Waals surface area (Å²) in [5.74, 6) is -4.54. The second kappa shape index (κ2) is 10.9. The fraction of sp³-hybridized carbons (Fsp3) is 0.722. The molecule has 1 rings (SSSR count). The maximum atomic E-state index is 13.0. The second-order valence-corrected chi connectivity index (χ2v) is 7.76. The molecule has 1 aliphatic rings. The van der Waals surface area contributed by atoms with Gasteiger partial charge in [0.1, 0.15) is 12.1 Å². The molecule has 0 bridgehead atoms. The van der Waals surface area contributed by atoms with E-state index in [-0.39, 0.29) is 18.9 Å². The molecule has 12 nitrogen and oxygen atoms in total. The van der Waals surface area contributed by atoms with Crippen LogP contribution in [0.2, 0.25) is 0 Å². The first-order valence-electron chi connectivity index (χ1n) is 9.72. The summed E-state index contributed by atoms with van der Waals surface area (Å²) in [7, 11) is 0. The summed E-state index contributed by atoms with van der Waals surface area (Å²) < 4.78 is 0. The van der Waals surface area contributed by atoms with Crippen molar-refractivity contribution in [3.05, 3.63) is 0 Å². The molecule has 170 valence electrons. The van der Waals surface area contributed by atoms with E-state index in [1.165, 1.54) is 11.8 Å². The lowest BCUT2D eigenvalue weighted by atomic mass is 10.0. The Morgan fingerprint density at radius 2 is 1.73 bits per heavy atom. The normalized spacial score (nSPS) is 20.2. The highest BCUT2D eigenvalue weighted by Crippen LogP contribution is 2.20. The highest BCUT2D eigenvalue weighted by molar-refractivity contribution is 5.96. The standard InChI is InChI=1S/C18H31N5O7/c1-8(2)13(20)16(27)21-10(7-12(19)25)17(28)23-6-4-5-11(23)15(26)22-14(9(3)24)18(29)30/h8-11,13-14,24H,4-7,20H2,1-3H3,(H2,19,25)(H,21,27)(H,22,26)(H,29,30). The highest BCUT2D eigenvalue weighted by Gasteiger charge is 2.40. The van der Waals surface area contributed by atoms with E-state index in [1.54, 1.807) is 13.8 Å². The molecular weight excluding hydrogens is 398 g/mol. The van der Waals surface area contributed by atoms with Crippen LogP contribution in [0.1, 0.15) is 40.0 Å². The number of rotatable bonds is 10. The number of carboxylic acids is 1. The summed E-state index contributed by atoms with van der Waals surface area (Å²) in [4.78, 5) is 61.6. The molecule has 1 aliphatic heterocycles. The van der Waals surface area contributed by atoms with Crippen molar-refractivity contribution < 1.29 is 34.2 Å². The number of hydrogen-bond donors (Lipinski definition) is 6. The van der Waals surface area contributed by atoms with Gasteiger partial charge in [0, 0.05) is 6.54 Å². The van der Waals surface area contributed by atoms with Crippen molar-refractivity contribution in [1.29, 1.82) is 0 Å². The van der Waals surface area contributed by atoms with Gasteiger partial charge < -0.3 is 37.2 Å². The Morgan fingerprint density at radius 3 is 2.20 bits per heavy atom. The van der Waals surface area contributed by atoms with Crippen LogP contribution in [0.4, 0.5) is 0 Å². The van der Waals surface area contributed by atoms with Gasteiger partial charge >= 0.3 is 5.97 Å². The number of nitrogens with two attached hydrogens (primary N) is 2. The Morgan fingerprint density at radius 1 is 1.13 bits per heavy atom. The zero-order valence-corrected chi connectivity index (χ0v) is 17.3. The lowest BCUT2D eigenvalue weighted by molar-refractivity contribution is -0.147. The zero-order valence-electron chi connectivity index (χ0n) is 17.3. The number of nitrogens with zero attached hydrogens (tertiary/aromatic N) is 1. The smallest absolute Gasteiger partial charge is 0.328 e. The third-order valence-electron chi connectivity index (χ3n) is 4.93. The number of aliphatic hydroxyl groups excluding tert-OH is 1. The Labute approximate surface area is 174 Å². The van der Waals surface area contributed by atoms with Crippen molar-refractivity contribution in [1.82, 2.24) is 15.5 Å². The minimum atomic E-state index is -1.54. The number of aliphatic hydroxyl groups is 1. The van der Waals surface area contributed by atoms with Crippen LogP contribution in [0.3, 0.4) is 0 Å². The summed E-state index contributed by atoms with van der Waals surface area (Å²) >= 11 is 0. The molecule has 8 N–H and O–H groups in total. The van der Waals surface area contributed by atoms with E-state index in [4.69, 9.17) is 16.6 Å². The number of hydrogen-bond acceptors (Lipinski definition) is 7. The minimum absolute atomic E-state index is 0.171. The van der Waals surface area contributed by atoms with Crippen molar-refractivity contribution in [3.8, 4) is 0 Å². The van der Waals surface area contributed by atoms with Crippen molar-refractivity contribution in [2.24, 2.45) is 17.4 Å². The van der Waals surface area contributed by atoms with E-state index >= 15 is 0 Å². The Hall–Kier alpha value is -2.73. The van der Waals surface area contributed by atoms with Gasteiger partial charge in [-0.25, -0.2) is 4.79 Å². The molecule has 4 amide bonds. The summed E-state index contributed by atoms with van der Waals surface area (Å²) in [5.41, 5.74) is 11.0. The largest absolute Gasteiger partial charge is 0.480 e. The maximum Gasteiger partial charge on any atom is 0.328 e. The Kier molecular flexibility index (Phi) is 9.18. The highest BCUT2D eigenvalue weighted by atomic mass is 16.4.